The van der Waals surface area contributed by atoms with Crippen LogP contribution in [0, 0.1) is 5.92 Å². The molecule has 0 saturated carbocycles. The number of ether oxygens (including phenoxy) is 1. The summed E-state index contributed by atoms with van der Waals surface area (Å²) in [5.41, 5.74) is 1.76. The van der Waals surface area contributed by atoms with Gasteiger partial charge in [-0.05, 0) is 42.0 Å². The Bertz CT molecular complexity index is 568. The Labute approximate surface area is 122 Å². The van der Waals surface area contributed by atoms with Crippen molar-refractivity contribution < 1.29 is 4.74 Å². The maximum absolute atomic E-state index is 6.25. The first-order chi connectivity index (χ1) is 9.74. The molecule has 1 aliphatic heterocycles. The Morgan fingerprint density at radius 3 is 3.10 bits per heavy atom. The van der Waals surface area contributed by atoms with Gasteiger partial charge in [0.2, 0.25) is 0 Å². The van der Waals surface area contributed by atoms with Gasteiger partial charge in [0.1, 0.15) is 6.33 Å². The van der Waals surface area contributed by atoms with Crippen LogP contribution in [0.3, 0.4) is 0 Å². The van der Waals surface area contributed by atoms with E-state index in [0.717, 1.165) is 31.0 Å². The summed E-state index contributed by atoms with van der Waals surface area (Å²) < 4.78 is 7.03. The Hall–Kier alpha value is -1.66. The van der Waals surface area contributed by atoms with Crippen LogP contribution in [0.2, 0.25) is 5.02 Å². The van der Waals surface area contributed by atoms with E-state index in [-0.39, 0.29) is 0 Å². The average molecular weight is 294 g/mol. The Morgan fingerprint density at radius 2 is 2.40 bits per heavy atom. The fourth-order valence-corrected chi connectivity index (χ4v) is 2.53. The lowest BCUT2D eigenvalue weighted by Gasteiger charge is -2.21. The third kappa shape index (κ3) is 2.76. The predicted octanol–water partition coefficient (Wildman–Crippen LogP) is 2.15. The number of nitrogens with zero attached hydrogens (tertiary/aromatic N) is 4. The number of hydrogen-bond acceptors (Lipinski definition) is 5. The van der Waals surface area contributed by atoms with Gasteiger partial charge in [-0.3, -0.25) is 0 Å². The van der Waals surface area contributed by atoms with Crippen LogP contribution in [0.1, 0.15) is 13.3 Å². The summed E-state index contributed by atoms with van der Waals surface area (Å²) in [4.78, 5) is 0. The van der Waals surface area contributed by atoms with Crippen LogP contribution in [0.15, 0.2) is 24.5 Å². The van der Waals surface area contributed by atoms with Gasteiger partial charge >= 0.3 is 0 Å². The van der Waals surface area contributed by atoms with Crippen LogP contribution in [-0.2, 0) is 4.74 Å². The van der Waals surface area contributed by atoms with Crippen LogP contribution in [-0.4, -0.2) is 39.5 Å². The number of rotatable bonds is 4. The Kier molecular flexibility index (Phi) is 3.84. The van der Waals surface area contributed by atoms with Crippen LogP contribution in [0.4, 0.5) is 5.69 Å². The highest BCUT2D eigenvalue weighted by Gasteiger charge is 2.22. The van der Waals surface area contributed by atoms with E-state index in [2.05, 4.69) is 27.8 Å². The van der Waals surface area contributed by atoms with E-state index in [1.54, 1.807) is 11.0 Å². The van der Waals surface area contributed by atoms with Crippen LogP contribution < -0.4 is 5.32 Å². The lowest BCUT2D eigenvalue weighted by Crippen LogP contribution is -2.26. The second-order valence-corrected chi connectivity index (χ2v) is 5.38. The number of aromatic nitrogens is 4. The zero-order chi connectivity index (χ0) is 13.9. The maximum atomic E-state index is 6.25. The average Bonchev–Trinajstić information content (AvgIpc) is 3.14. The quantitative estimate of drug-likeness (QED) is 0.936. The summed E-state index contributed by atoms with van der Waals surface area (Å²) >= 11 is 6.25. The van der Waals surface area contributed by atoms with E-state index < -0.39 is 0 Å². The topological polar surface area (TPSA) is 64.9 Å². The molecule has 1 fully saturated rings. The molecule has 106 valence electrons. The lowest BCUT2D eigenvalue weighted by molar-refractivity contribution is 0.183. The molecule has 0 aliphatic carbocycles. The first-order valence-corrected chi connectivity index (χ1v) is 6.99. The van der Waals surface area contributed by atoms with E-state index in [1.807, 2.05) is 18.2 Å². The molecule has 1 aromatic carbocycles. The van der Waals surface area contributed by atoms with Gasteiger partial charge in [0.15, 0.2) is 0 Å². The first-order valence-electron chi connectivity index (χ1n) is 6.61. The van der Waals surface area contributed by atoms with Gasteiger partial charge in [-0.15, -0.1) is 5.10 Å². The van der Waals surface area contributed by atoms with E-state index in [4.69, 9.17) is 16.3 Å². The molecule has 20 heavy (non-hydrogen) atoms. The van der Waals surface area contributed by atoms with Crippen molar-refractivity contribution in [2.45, 2.75) is 19.4 Å². The molecule has 0 amide bonds. The highest BCUT2D eigenvalue weighted by atomic mass is 35.5. The summed E-state index contributed by atoms with van der Waals surface area (Å²) in [6.45, 7) is 3.80. The molecular weight excluding hydrogens is 278 g/mol. The van der Waals surface area contributed by atoms with E-state index in [0.29, 0.717) is 17.0 Å². The summed E-state index contributed by atoms with van der Waals surface area (Å²) in [5, 5.41) is 15.3. The van der Waals surface area contributed by atoms with Gasteiger partial charge in [0.25, 0.3) is 0 Å². The number of benzene rings is 1. The van der Waals surface area contributed by atoms with Gasteiger partial charge in [-0.2, -0.15) is 0 Å². The van der Waals surface area contributed by atoms with Crippen molar-refractivity contribution in [2.75, 3.05) is 18.5 Å². The van der Waals surface area contributed by atoms with Crippen LogP contribution >= 0.6 is 11.6 Å². The molecule has 2 unspecified atom stereocenters. The Morgan fingerprint density at radius 1 is 1.50 bits per heavy atom. The van der Waals surface area contributed by atoms with E-state index >= 15 is 0 Å². The summed E-state index contributed by atoms with van der Waals surface area (Å²) in [6, 6.07) is 5.98. The summed E-state index contributed by atoms with van der Waals surface area (Å²) in [5.74, 6) is 0.516. The van der Waals surface area contributed by atoms with Gasteiger partial charge < -0.3 is 10.1 Å². The van der Waals surface area contributed by atoms with Crippen LogP contribution in [0.25, 0.3) is 5.69 Å². The van der Waals surface area contributed by atoms with E-state index in [1.165, 1.54) is 0 Å². The van der Waals surface area contributed by atoms with Crippen molar-refractivity contribution >= 4 is 17.3 Å². The van der Waals surface area contributed by atoms with Gasteiger partial charge in [0.05, 0.1) is 23.0 Å². The molecule has 1 aliphatic rings. The molecule has 6 nitrogen and oxygen atoms in total. The highest BCUT2D eigenvalue weighted by molar-refractivity contribution is 6.33. The van der Waals surface area contributed by atoms with Crippen molar-refractivity contribution in [3.8, 4) is 5.69 Å². The van der Waals surface area contributed by atoms with Gasteiger partial charge in [-0.25, -0.2) is 4.68 Å². The summed E-state index contributed by atoms with van der Waals surface area (Å²) in [6.07, 6.45) is 2.64. The zero-order valence-corrected chi connectivity index (χ0v) is 11.9. The molecule has 2 heterocycles. The third-order valence-electron chi connectivity index (χ3n) is 3.62. The molecule has 7 heteroatoms. The van der Waals surface area contributed by atoms with Crippen molar-refractivity contribution in [1.29, 1.82) is 0 Å². The number of hydrogen-bond donors (Lipinski definition) is 1. The lowest BCUT2D eigenvalue weighted by atomic mass is 10.0. The molecule has 3 rings (SSSR count). The molecular formula is C13H16ClN5O. The molecule has 0 bridgehead atoms. The second-order valence-electron chi connectivity index (χ2n) is 4.98. The van der Waals surface area contributed by atoms with Gasteiger partial charge in [-0.1, -0.05) is 11.6 Å². The van der Waals surface area contributed by atoms with Crippen molar-refractivity contribution in [2.24, 2.45) is 5.92 Å². The minimum absolute atomic E-state index is 0.305. The molecule has 0 radical (unpaired) electrons. The van der Waals surface area contributed by atoms with Crippen molar-refractivity contribution in [1.82, 2.24) is 20.2 Å². The highest BCUT2D eigenvalue weighted by Crippen LogP contribution is 2.27. The molecule has 1 aromatic heterocycles. The number of anilines is 1. The monoisotopic (exact) mass is 293 g/mol. The fourth-order valence-electron chi connectivity index (χ4n) is 2.36. The van der Waals surface area contributed by atoms with Crippen molar-refractivity contribution in [3.05, 3.63) is 29.5 Å². The molecule has 0 spiro atoms. The number of halogens is 1. The Balaban J connectivity index is 1.79. The maximum Gasteiger partial charge on any atom is 0.143 e. The smallest absolute Gasteiger partial charge is 0.143 e. The van der Waals surface area contributed by atoms with Crippen LogP contribution in [0.5, 0.6) is 0 Å². The van der Waals surface area contributed by atoms with Crippen molar-refractivity contribution in [3.63, 3.8) is 0 Å². The second kappa shape index (κ2) is 5.76. The third-order valence-corrected chi connectivity index (χ3v) is 3.95. The van der Waals surface area contributed by atoms with E-state index in [9.17, 15) is 0 Å². The molecule has 1 saturated heterocycles. The molecule has 2 atom stereocenters. The molecule has 1 N–H and O–H groups in total. The SMILES string of the molecule is CC(Nc1cc(-n2cnnn2)ccc1Cl)C1CCOC1. The largest absolute Gasteiger partial charge is 0.381 e. The minimum Gasteiger partial charge on any atom is -0.381 e. The first kappa shape index (κ1) is 13.3. The standard InChI is InChI=1S/C13H16ClN5O/c1-9(10-4-5-20-7-10)16-13-6-11(2-3-12(13)14)19-8-15-17-18-19/h2-3,6,8-10,16H,4-5,7H2,1H3. The molecule has 2 aromatic rings. The number of tetrazole rings is 1. The minimum atomic E-state index is 0.305. The normalized spacial score (nSPS) is 20.0. The van der Waals surface area contributed by atoms with Gasteiger partial charge in [0, 0.05) is 18.6 Å². The zero-order valence-electron chi connectivity index (χ0n) is 11.2. The fraction of sp³-hybridized carbons (Fsp3) is 0.462. The predicted molar refractivity (Wildman–Crippen MR) is 76.2 cm³/mol. The number of nitrogens with one attached hydrogen (secondary N) is 1. The summed E-state index contributed by atoms with van der Waals surface area (Å²) in [7, 11) is 0.